The van der Waals surface area contributed by atoms with E-state index in [0.717, 1.165) is 25.1 Å². The summed E-state index contributed by atoms with van der Waals surface area (Å²) >= 11 is 0. The van der Waals surface area contributed by atoms with E-state index in [1.807, 2.05) is 6.07 Å². The maximum absolute atomic E-state index is 13.3. The SMILES string of the molecule is CC(C)C1(C)CNCC(C)(Cc2cccc(F)c2)O1. The van der Waals surface area contributed by atoms with Gasteiger partial charge in [0.25, 0.3) is 0 Å². The predicted molar refractivity (Wildman–Crippen MR) is 75.7 cm³/mol. The minimum absolute atomic E-state index is 0.166. The fourth-order valence-electron chi connectivity index (χ4n) is 2.71. The Morgan fingerprint density at radius 2 is 2.05 bits per heavy atom. The highest BCUT2D eigenvalue weighted by Gasteiger charge is 2.41. The number of hydrogen-bond donors (Lipinski definition) is 1. The summed E-state index contributed by atoms with van der Waals surface area (Å²) in [4.78, 5) is 0. The smallest absolute Gasteiger partial charge is 0.123 e. The zero-order chi connectivity index (χ0) is 14.1. The van der Waals surface area contributed by atoms with E-state index in [0.29, 0.717) is 5.92 Å². The molecule has 0 bridgehead atoms. The molecule has 1 aromatic rings. The number of rotatable bonds is 3. The van der Waals surface area contributed by atoms with Crippen molar-refractivity contribution in [1.82, 2.24) is 5.32 Å². The molecule has 1 aliphatic rings. The van der Waals surface area contributed by atoms with Crippen molar-refractivity contribution in [3.8, 4) is 0 Å². The molecular weight excluding hydrogens is 241 g/mol. The molecule has 0 amide bonds. The molecule has 0 aromatic heterocycles. The Kier molecular flexibility index (Phi) is 3.98. The van der Waals surface area contributed by atoms with E-state index in [1.165, 1.54) is 6.07 Å². The first-order valence-corrected chi connectivity index (χ1v) is 6.98. The summed E-state index contributed by atoms with van der Waals surface area (Å²) in [6.45, 7) is 10.3. The van der Waals surface area contributed by atoms with E-state index in [-0.39, 0.29) is 17.0 Å². The molecule has 0 aliphatic carbocycles. The summed E-state index contributed by atoms with van der Waals surface area (Å²) in [5.74, 6) is 0.253. The molecule has 1 heterocycles. The maximum atomic E-state index is 13.3. The van der Waals surface area contributed by atoms with Crippen molar-refractivity contribution in [3.05, 3.63) is 35.6 Å². The van der Waals surface area contributed by atoms with Crippen LogP contribution < -0.4 is 5.32 Å². The standard InChI is InChI=1S/C16H24FNO/c1-12(2)16(4)11-18-10-15(3,19-16)9-13-6-5-7-14(17)8-13/h5-8,12,18H,9-11H2,1-4H3. The number of nitrogens with one attached hydrogen (secondary N) is 1. The molecule has 1 aliphatic heterocycles. The second-order valence-electron chi connectivity index (χ2n) is 6.43. The molecule has 1 fully saturated rings. The van der Waals surface area contributed by atoms with Crippen molar-refractivity contribution in [2.24, 2.45) is 5.92 Å². The highest BCUT2D eigenvalue weighted by Crippen LogP contribution is 2.32. The highest BCUT2D eigenvalue weighted by molar-refractivity contribution is 5.19. The number of hydrogen-bond acceptors (Lipinski definition) is 2. The van der Waals surface area contributed by atoms with E-state index < -0.39 is 0 Å². The lowest BCUT2D eigenvalue weighted by atomic mass is 9.86. The zero-order valence-electron chi connectivity index (χ0n) is 12.3. The first-order chi connectivity index (χ1) is 8.83. The van der Waals surface area contributed by atoms with Crippen LogP contribution in [-0.2, 0) is 11.2 Å². The predicted octanol–water partition coefficient (Wildman–Crippen LogP) is 3.16. The molecule has 0 radical (unpaired) electrons. The van der Waals surface area contributed by atoms with Crippen LogP contribution in [0.1, 0.15) is 33.3 Å². The molecule has 1 aromatic carbocycles. The Bertz CT molecular complexity index is 448. The van der Waals surface area contributed by atoms with Gasteiger partial charge in [0.1, 0.15) is 5.82 Å². The van der Waals surface area contributed by atoms with Crippen LogP contribution in [0.4, 0.5) is 4.39 Å². The van der Waals surface area contributed by atoms with Crippen molar-refractivity contribution < 1.29 is 9.13 Å². The van der Waals surface area contributed by atoms with Gasteiger partial charge >= 0.3 is 0 Å². The van der Waals surface area contributed by atoms with Gasteiger partial charge in [-0.3, -0.25) is 0 Å². The first kappa shape index (κ1) is 14.5. The zero-order valence-corrected chi connectivity index (χ0v) is 12.3. The molecule has 1 saturated heterocycles. The largest absolute Gasteiger partial charge is 0.366 e. The van der Waals surface area contributed by atoms with Crippen LogP contribution in [0.5, 0.6) is 0 Å². The lowest BCUT2D eigenvalue weighted by molar-refractivity contribution is -0.180. The Hall–Kier alpha value is -0.930. The summed E-state index contributed by atoms with van der Waals surface area (Å²) in [6.07, 6.45) is 0.722. The average molecular weight is 265 g/mol. The van der Waals surface area contributed by atoms with Crippen molar-refractivity contribution in [2.45, 2.75) is 45.3 Å². The summed E-state index contributed by atoms with van der Waals surface area (Å²) in [7, 11) is 0. The second-order valence-corrected chi connectivity index (χ2v) is 6.43. The van der Waals surface area contributed by atoms with Crippen molar-refractivity contribution in [3.63, 3.8) is 0 Å². The minimum atomic E-state index is -0.287. The fraction of sp³-hybridized carbons (Fsp3) is 0.625. The van der Waals surface area contributed by atoms with Crippen molar-refractivity contribution in [1.29, 1.82) is 0 Å². The van der Waals surface area contributed by atoms with Crippen LogP contribution in [0.25, 0.3) is 0 Å². The Labute approximate surface area is 115 Å². The quantitative estimate of drug-likeness (QED) is 0.906. The highest BCUT2D eigenvalue weighted by atomic mass is 19.1. The number of halogens is 1. The summed E-state index contributed by atoms with van der Waals surface area (Å²) < 4.78 is 19.7. The van der Waals surface area contributed by atoms with E-state index in [4.69, 9.17) is 4.74 Å². The van der Waals surface area contributed by atoms with Crippen LogP contribution in [0, 0.1) is 11.7 Å². The van der Waals surface area contributed by atoms with Gasteiger partial charge in [-0.15, -0.1) is 0 Å². The monoisotopic (exact) mass is 265 g/mol. The van der Waals surface area contributed by atoms with Gasteiger partial charge in [0.05, 0.1) is 11.2 Å². The molecule has 19 heavy (non-hydrogen) atoms. The van der Waals surface area contributed by atoms with Gasteiger partial charge in [0.15, 0.2) is 0 Å². The van der Waals surface area contributed by atoms with Gasteiger partial charge in [0.2, 0.25) is 0 Å². The molecule has 2 rings (SSSR count). The van der Waals surface area contributed by atoms with Gasteiger partial charge in [0, 0.05) is 19.5 Å². The van der Waals surface area contributed by atoms with Gasteiger partial charge in [-0.25, -0.2) is 4.39 Å². The second kappa shape index (κ2) is 5.22. The fourth-order valence-corrected chi connectivity index (χ4v) is 2.71. The number of benzene rings is 1. The average Bonchev–Trinajstić information content (AvgIpc) is 2.27. The third kappa shape index (κ3) is 3.34. The topological polar surface area (TPSA) is 21.3 Å². The van der Waals surface area contributed by atoms with Crippen LogP contribution in [0.2, 0.25) is 0 Å². The van der Waals surface area contributed by atoms with E-state index >= 15 is 0 Å². The van der Waals surface area contributed by atoms with Gasteiger partial charge < -0.3 is 10.1 Å². The van der Waals surface area contributed by atoms with E-state index in [2.05, 4.69) is 33.0 Å². The number of morpholine rings is 1. The normalized spacial score (nSPS) is 31.7. The van der Waals surface area contributed by atoms with Crippen molar-refractivity contribution >= 4 is 0 Å². The third-order valence-corrected chi connectivity index (χ3v) is 4.14. The Morgan fingerprint density at radius 1 is 1.32 bits per heavy atom. The van der Waals surface area contributed by atoms with Gasteiger partial charge in [-0.2, -0.15) is 0 Å². The van der Waals surface area contributed by atoms with Crippen molar-refractivity contribution in [2.75, 3.05) is 13.1 Å². The lowest BCUT2D eigenvalue weighted by Gasteiger charge is -2.48. The van der Waals surface area contributed by atoms with Crippen LogP contribution in [0.15, 0.2) is 24.3 Å². The molecule has 2 nitrogen and oxygen atoms in total. The maximum Gasteiger partial charge on any atom is 0.123 e. The minimum Gasteiger partial charge on any atom is -0.366 e. The van der Waals surface area contributed by atoms with Crippen LogP contribution >= 0.6 is 0 Å². The lowest BCUT2D eigenvalue weighted by Crippen LogP contribution is -2.60. The van der Waals surface area contributed by atoms with Gasteiger partial charge in [-0.1, -0.05) is 26.0 Å². The molecule has 2 atom stereocenters. The summed E-state index contributed by atoms with van der Waals surface area (Å²) in [5.41, 5.74) is 0.531. The Balaban J connectivity index is 2.14. The van der Waals surface area contributed by atoms with Crippen LogP contribution in [0.3, 0.4) is 0 Å². The molecular formula is C16H24FNO. The molecule has 0 spiro atoms. The molecule has 0 saturated carbocycles. The van der Waals surface area contributed by atoms with Crippen LogP contribution in [-0.4, -0.2) is 24.3 Å². The summed E-state index contributed by atoms with van der Waals surface area (Å²) in [5, 5.41) is 3.46. The van der Waals surface area contributed by atoms with E-state index in [9.17, 15) is 4.39 Å². The third-order valence-electron chi connectivity index (χ3n) is 4.14. The van der Waals surface area contributed by atoms with Gasteiger partial charge in [-0.05, 0) is 37.5 Å². The molecule has 2 unspecified atom stereocenters. The Morgan fingerprint density at radius 3 is 2.68 bits per heavy atom. The molecule has 106 valence electrons. The molecule has 3 heteroatoms. The molecule has 1 N–H and O–H groups in total. The first-order valence-electron chi connectivity index (χ1n) is 6.98. The number of ether oxygens (including phenoxy) is 1. The van der Waals surface area contributed by atoms with E-state index in [1.54, 1.807) is 12.1 Å². The summed E-state index contributed by atoms with van der Waals surface area (Å²) in [6, 6.07) is 6.78.